The standard InChI is InChI=1S/C11H10N2O/c1-9-4-2-5-10(8-9)11(14)13-7-3-6-12-13/h2-8H,1H3. The number of carbonyl (C=O) groups excluding carboxylic acids is 1. The summed E-state index contributed by atoms with van der Waals surface area (Å²) < 4.78 is 1.33. The summed E-state index contributed by atoms with van der Waals surface area (Å²) in [6.07, 6.45) is 3.23. The molecule has 0 atom stereocenters. The minimum atomic E-state index is -0.0984. The monoisotopic (exact) mass is 186 g/mol. The van der Waals surface area contributed by atoms with Crippen molar-refractivity contribution in [3.8, 4) is 0 Å². The highest BCUT2D eigenvalue weighted by atomic mass is 16.2. The third-order valence-corrected chi connectivity index (χ3v) is 1.98. The van der Waals surface area contributed by atoms with Gasteiger partial charge >= 0.3 is 0 Å². The molecule has 0 aliphatic carbocycles. The van der Waals surface area contributed by atoms with Crippen molar-refractivity contribution in [1.82, 2.24) is 9.78 Å². The quantitative estimate of drug-likeness (QED) is 0.681. The molecule has 0 aliphatic heterocycles. The van der Waals surface area contributed by atoms with Crippen molar-refractivity contribution in [3.05, 3.63) is 53.9 Å². The lowest BCUT2D eigenvalue weighted by Gasteiger charge is -2.00. The SMILES string of the molecule is Cc1cccc(C(=O)n2cccn2)c1. The fraction of sp³-hybridized carbons (Fsp3) is 0.0909. The Morgan fingerprint density at radius 2 is 2.21 bits per heavy atom. The van der Waals surface area contributed by atoms with Crippen LogP contribution in [-0.2, 0) is 0 Å². The first-order chi connectivity index (χ1) is 6.77. The average Bonchev–Trinajstić information content (AvgIpc) is 2.69. The lowest BCUT2D eigenvalue weighted by Crippen LogP contribution is -2.12. The Kier molecular flexibility index (Phi) is 2.14. The Hall–Kier alpha value is -1.90. The van der Waals surface area contributed by atoms with Crippen molar-refractivity contribution >= 4 is 5.91 Å². The van der Waals surface area contributed by atoms with Crippen LogP contribution in [0.2, 0.25) is 0 Å². The van der Waals surface area contributed by atoms with Gasteiger partial charge in [0.2, 0.25) is 0 Å². The van der Waals surface area contributed by atoms with Crippen LogP contribution in [0.5, 0.6) is 0 Å². The summed E-state index contributed by atoms with van der Waals surface area (Å²) in [6, 6.07) is 9.20. The predicted octanol–water partition coefficient (Wildman–Crippen LogP) is 1.88. The first-order valence-electron chi connectivity index (χ1n) is 4.38. The lowest BCUT2D eigenvalue weighted by atomic mass is 10.1. The molecule has 14 heavy (non-hydrogen) atoms. The second kappa shape index (κ2) is 3.46. The maximum Gasteiger partial charge on any atom is 0.278 e. The zero-order valence-electron chi connectivity index (χ0n) is 7.84. The molecule has 0 radical (unpaired) electrons. The maximum atomic E-state index is 11.8. The number of hydrogen-bond donors (Lipinski definition) is 0. The highest BCUT2D eigenvalue weighted by Gasteiger charge is 2.07. The molecular weight excluding hydrogens is 176 g/mol. The number of carbonyl (C=O) groups is 1. The molecule has 3 heteroatoms. The van der Waals surface area contributed by atoms with E-state index in [-0.39, 0.29) is 5.91 Å². The van der Waals surface area contributed by atoms with Gasteiger partial charge in [0.05, 0.1) is 0 Å². The van der Waals surface area contributed by atoms with Crippen molar-refractivity contribution in [2.75, 3.05) is 0 Å². The molecule has 0 bridgehead atoms. The van der Waals surface area contributed by atoms with Crippen molar-refractivity contribution in [1.29, 1.82) is 0 Å². The smallest absolute Gasteiger partial charge is 0.267 e. The molecule has 2 rings (SSSR count). The summed E-state index contributed by atoms with van der Waals surface area (Å²) in [5, 5.41) is 3.89. The Labute approximate surface area is 82.0 Å². The van der Waals surface area contributed by atoms with E-state index in [9.17, 15) is 4.79 Å². The van der Waals surface area contributed by atoms with Gasteiger partial charge in [0.1, 0.15) is 0 Å². The van der Waals surface area contributed by atoms with Gasteiger partial charge in [-0.2, -0.15) is 5.10 Å². The van der Waals surface area contributed by atoms with Gasteiger partial charge in [0.15, 0.2) is 0 Å². The van der Waals surface area contributed by atoms with Gasteiger partial charge in [-0.15, -0.1) is 0 Å². The second-order valence-corrected chi connectivity index (χ2v) is 3.13. The van der Waals surface area contributed by atoms with E-state index in [2.05, 4.69) is 5.10 Å². The molecular formula is C11H10N2O. The Morgan fingerprint density at radius 3 is 2.86 bits per heavy atom. The molecule has 70 valence electrons. The topological polar surface area (TPSA) is 34.9 Å². The van der Waals surface area contributed by atoms with E-state index in [1.807, 2.05) is 25.1 Å². The number of aromatic nitrogens is 2. The summed E-state index contributed by atoms with van der Waals surface area (Å²) in [5.74, 6) is -0.0984. The Bertz CT molecular complexity index is 446. The summed E-state index contributed by atoms with van der Waals surface area (Å²) in [6.45, 7) is 1.96. The number of nitrogens with zero attached hydrogens (tertiary/aromatic N) is 2. The van der Waals surface area contributed by atoms with Crippen LogP contribution in [0.3, 0.4) is 0 Å². The van der Waals surface area contributed by atoms with Crippen LogP contribution in [0.15, 0.2) is 42.7 Å². The van der Waals surface area contributed by atoms with Crippen LogP contribution < -0.4 is 0 Å². The summed E-state index contributed by atoms with van der Waals surface area (Å²) >= 11 is 0. The highest BCUT2D eigenvalue weighted by molar-refractivity contribution is 5.95. The van der Waals surface area contributed by atoms with Gasteiger partial charge in [-0.1, -0.05) is 17.7 Å². The molecule has 0 amide bonds. The van der Waals surface area contributed by atoms with Gasteiger partial charge in [-0.3, -0.25) is 4.79 Å². The van der Waals surface area contributed by atoms with Crippen LogP contribution in [0.4, 0.5) is 0 Å². The van der Waals surface area contributed by atoms with Gasteiger partial charge in [-0.05, 0) is 25.1 Å². The molecule has 1 aromatic heterocycles. The fourth-order valence-electron chi connectivity index (χ4n) is 1.30. The largest absolute Gasteiger partial charge is 0.278 e. The number of benzene rings is 1. The number of hydrogen-bond acceptors (Lipinski definition) is 2. The average molecular weight is 186 g/mol. The molecule has 2 aromatic rings. The van der Waals surface area contributed by atoms with Crippen LogP contribution in [0.25, 0.3) is 0 Å². The van der Waals surface area contributed by atoms with Gasteiger partial charge in [0, 0.05) is 18.0 Å². The molecule has 0 fully saturated rings. The lowest BCUT2D eigenvalue weighted by molar-refractivity contribution is 0.0945. The van der Waals surface area contributed by atoms with Crippen molar-refractivity contribution in [3.63, 3.8) is 0 Å². The first kappa shape index (κ1) is 8.69. The number of aryl methyl sites for hydroxylation is 1. The Morgan fingerprint density at radius 1 is 1.36 bits per heavy atom. The van der Waals surface area contributed by atoms with Gasteiger partial charge < -0.3 is 0 Å². The molecule has 1 heterocycles. The molecule has 0 saturated carbocycles. The summed E-state index contributed by atoms with van der Waals surface area (Å²) in [4.78, 5) is 11.8. The maximum absolute atomic E-state index is 11.8. The molecule has 0 N–H and O–H groups in total. The molecule has 0 spiro atoms. The van der Waals surface area contributed by atoms with Crippen LogP contribution in [0, 0.1) is 6.92 Å². The van der Waals surface area contributed by atoms with Crippen LogP contribution >= 0.6 is 0 Å². The fourth-order valence-corrected chi connectivity index (χ4v) is 1.30. The van der Waals surface area contributed by atoms with Crippen LogP contribution in [0.1, 0.15) is 15.9 Å². The predicted molar refractivity (Wildman–Crippen MR) is 53.1 cm³/mol. The zero-order valence-corrected chi connectivity index (χ0v) is 7.84. The third kappa shape index (κ3) is 1.57. The van der Waals surface area contributed by atoms with Crippen molar-refractivity contribution in [2.45, 2.75) is 6.92 Å². The molecule has 0 aliphatic rings. The minimum absolute atomic E-state index is 0.0984. The van der Waals surface area contributed by atoms with E-state index in [1.54, 1.807) is 24.5 Å². The first-order valence-corrected chi connectivity index (χ1v) is 4.38. The van der Waals surface area contributed by atoms with E-state index in [0.29, 0.717) is 5.56 Å². The van der Waals surface area contributed by atoms with E-state index >= 15 is 0 Å². The normalized spacial score (nSPS) is 10.1. The number of rotatable bonds is 1. The van der Waals surface area contributed by atoms with E-state index in [1.165, 1.54) is 4.68 Å². The molecule has 0 saturated heterocycles. The van der Waals surface area contributed by atoms with Gasteiger partial charge in [-0.25, -0.2) is 4.68 Å². The van der Waals surface area contributed by atoms with E-state index in [4.69, 9.17) is 0 Å². The molecule has 0 unspecified atom stereocenters. The third-order valence-electron chi connectivity index (χ3n) is 1.98. The second-order valence-electron chi connectivity index (χ2n) is 3.13. The molecule has 1 aromatic carbocycles. The van der Waals surface area contributed by atoms with E-state index < -0.39 is 0 Å². The van der Waals surface area contributed by atoms with Gasteiger partial charge in [0.25, 0.3) is 5.91 Å². The summed E-state index contributed by atoms with van der Waals surface area (Å²) in [7, 11) is 0. The zero-order chi connectivity index (χ0) is 9.97. The van der Waals surface area contributed by atoms with E-state index in [0.717, 1.165) is 5.56 Å². The highest BCUT2D eigenvalue weighted by Crippen LogP contribution is 2.05. The minimum Gasteiger partial charge on any atom is -0.267 e. The van der Waals surface area contributed by atoms with Crippen molar-refractivity contribution < 1.29 is 4.79 Å². The van der Waals surface area contributed by atoms with Crippen LogP contribution in [-0.4, -0.2) is 15.7 Å². The molecule has 3 nitrogen and oxygen atoms in total. The Balaban J connectivity index is 2.37. The summed E-state index contributed by atoms with van der Waals surface area (Å²) in [5.41, 5.74) is 1.73. The van der Waals surface area contributed by atoms with Crippen molar-refractivity contribution in [2.24, 2.45) is 0 Å².